The molecule has 0 bridgehead atoms. The SMILES string of the molecule is O=C(O)CCCCCCC(F)(F)C(F)(F)C(F)(F)C(F)(F)C(F)(F)C(F)(F)C(F)(F)C(F)(F)F. The summed E-state index contributed by atoms with van der Waals surface area (Å²) < 4.78 is 222. The monoisotopic (exact) mass is 548 g/mol. The molecule has 0 heterocycles. The maximum Gasteiger partial charge on any atom is 0.460 e. The van der Waals surface area contributed by atoms with Crippen LogP contribution in [0.4, 0.5) is 74.6 Å². The highest BCUT2D eigenvalue weighted by Crippen LogP contribution is 2.64. The number of hydrogen-bond donors (Lipinski definition) is 1. The van der Waals surface area contributed by atoms with Gasteiger partial charge in [0.1, 0.15) is 0 Å². The lowest BCUT2D eigenvalue weighted by molar-refractivity contribution is -0.461. The average Bonchev–Trinajstić information content (AvgIpc) is 2.62. The average molecular weight is 548 g/mol. The van der Waals surface area contributed by atoms with E-state index in [-0.39, 0.29) is 12.8 Å². The van der Waals surface area contributed by atoms with Crippen molar-refractivity contribution < 1.29 is 84.5 Å². The summed E-state index contributed by atoms with van der Waals surface area (Å²) in [6.45, 7) is 0. The largest absolute Gasteiger partial charge is 0.481 e. The first-order chi connectivity index (χ1) is 14.7. The molecule has 0 aliphatic heterocycles. The Labute approximate surface area is 178 Å². The van der Waals surface area contributed by atoms with Gasteiger partial charge >= 0.3 is 53.6 Å². The van der Waals surface area contributed by atoms with E-state index in [2.05, 4.69) is 0 Å². The molecule has 34 heavy (non-hydrogen) atoms. The smallest absolute Gasteiger partial charge is 0.460 e. The van der Waals surface area contributed by atoms with E-state index in [0.717, 1.165) is 0 Å². The van der Waals surface area contributed by atoms with E-state index in [1.807, 2.05) is 0 Å². The van der Waals surface area contributed by atoms with Crippen molar-refractivity contribution in [1.82, 2.24) is 0 Å². The van der Waals surface area contributed by atoms with Gasteiger partial charge in [0, 0.05) is 12.8 Å². The molecule has 0 rings (SSSR count). The van der Waals surface area contributed by atoms with Crippen LogP contribution in [0, 0.1) is 0 Å². The highest BCUT2D eigenvalue weighted by atomic mass is 19.4. The van der Waals surface area contributed by atoms with Crippen molar-refractivity contribution in [2.75, 3.05) is 0 Å². The molecule has 0 amide bonds. The zero-order chi connectivity index (χ0) is 27.8. The third kappa shape index (κ3) is 5.11. The number of carboxylic acid groups (broad SMARTS) is 1. The van der Waals surface area contributed by atoms with E-state index in [1.54, 1.807) is 0 Å². The highest BCUT2D eigenvalue weighted by Gasteiger charge is 2.95. The molecule has 1 N–H and O–H groups in total. The summed E-state index contributed by atoms with van der Waals surface area (Å²) >= 11 is 0. The molecule has 19 heteroatoms. The lowest BCUT2D eigenvalue weighted by atomic mass is 9.87. The predicted octanol–water partition coefficient (Wildman–Crippen LogP) is 7.42. The fourth-order valence-corrected chi connectivity index (χ4v) is 2.33. The standard InChI is InChI=1S/C15H13F17O2/c16-8(17,6-4-2-1-3-5-7(33)34)9(18,19)10(20,21)11(22,23)12(24,25)13(26,27)14(28,29)15(30,31)32/h1-6H2,(H,33,34). The molecule has 0 aromatic heterocycles. The van der Waals surface area contributed by atoms with Crippen LogP contribution in [0.1, 0.15) is 38.5 Å². The summed E-state index contributed by atoms with van der Waals surface area (Å²) in [6, 6.07) is 0. The van der Waals surface area contributed by atoms with Crippen LogP contribution in [0.2, 0.25) is 0 Å². The van der Waals surface area contributed by atoms with Crippen molar-refractivity contribution in [2.45, 2.75) is 86.2 Å². The van der Waals surface area contributed by atoms with Gasteiger partial charge in [0.2, 0.25) is 0 Å². The van der Waals surface area contributed by atoms with E-state index in [9.17, 15) is 79.4 Å². The summed E-state index contributed by atoms with van der Waals surface area (Å²) in [5.74, 6) is -57.6. The minimum absolute atomic E-state index is 0.250. The summed E-state index contributed by atoms with van der Waals surface area (Å²) in [6.07, 6.45) is -13.2. The first kappa shape index (κ1) is 32.3. The molecule has 0 spiro atoms. The molecule has 2 nitrogen and oxygen atoms in total. The fourth-order valence-electron chi connectivity index (χ4n) is 2.33. The third-order valence-electron chi connectivity index (χ3n) is 4.42. The van der Waals surface area contributed by atoms with Gasteiger partial charge < -0.3 is 5.11 Å². The molecule has 0 unspecified atom stereocenters. The Bertz CT molecular complexity index is 710. The Kier molecular flexibility index (Phi) is 8.91. The number of alkyl halides is 17. The molecule has 0 fully saturated rings. The first-order valence-corrected chi connectivity index (χ1v) is 8.60. The third-order valence-corrected chi connectivity index (χ3v) is 4.42. The van der Waals surface area contributed by atoms with E-state index in [1.165, 1.54) is 0 Å². The zero-order valence-corrected chi connectivity index (χ0v) is 16.0. The highest BCUT2D eigenvalue weighted by molar-refractivity contribution is 5.66. The summed E-state index contributed by atoms with van der Waals surface area (Å²) in [4.78, 5) is 10.2. The zero-order valence-electron chi connectivity index (χ0n) is 16.0. The minimum Gasteiger partial charge on any atom is -0.481 e. The van der Waals surface area contributed by atoms with E-state index in [4.69, 9.17) is 5.11 Å². The van der Waals surface area contributed by atoms with E-state index in [0.29, 0.717) is 0 Å². The van der Waals surface area contributed by atoms with Crippen LogP contribution in [0.3, 0.4) is 0 Å². The Hall–Kier alpha value is -1.72. The Morgan fingerprint density at radius 1 is 0.471 bits per heavy atom. The van der Waals surface area contributed by atoms with Crippen molar-refractivity contribution in [3.8, 4) is 0 Å². The molecular weight excluding hydrogens is 535 g/mol. The molecule has 0 aromatic rings. The number of hydrogen-bond acceptors (Lipinski definition) is 1. The summed E-state index contributed by atoms with van der Waals surface area (Å²) in [5.41, 5.74) is 0. The van der Waals surface area contributed by atoms with Gasteiger partial charge in [-0.2, -0.15) is 74.6 Å². The van der Waals surface area contributed by atoms with Crippen molar-refractivity contribution in [2.24, 2.45) is 0 Å². The fraction of sp³-hybridized carbons (Fsp3) is 0.933. The van der Waals surface area contributed by atoms with Gasteiger partial charge in [-0.1, -0.05) is 12.8 Å². The second-order valence-electron chi connectivity index (χ2n) is 6.96. The van der Waals surface area contributed by atoms with Crippen LogP contribution in [0.15, 0.2) is 0 Å². The topological polar surface area (TPSA) is 37.3 Å². The lowest BCUT2D eigenvalue weighted by Crippen LogP contribution is -2.74. The van der Waals surface area contributed by atoms with Crippen molar-refractivity contribution in [3.05, 3.63) is 0 Å². The molecule has 0 saturated carbocycles. The number of aliphatic carboxylic acids is 1. The number of carboxylic acids is 1. The van der Waals surface area contributed by atoms with Crippen molar-refractivity contribution in [3.63, 3.8) is 0 Å². The number of unbranched alkanes of at least 4 members (excludes halogenated alkanes) is 3. The number of rotatable bonds is 13. The van der Waals surface area contributed by atoms with Crippen LogP contribution in [0.5, 0.6) is 0 Å². The molecule has 204 valence electrons. The van der Waals surface area contributed by atoms with Gasteiger partial charge in [0.15, 0.2) is 0 Å². The lowest BCUT2D eigenvalue weighted by Gasteiger charge is -2.42. The van der Waals surface area contributed by atoms with Gasteiger partial charge in [-0.3, -0.25) is 4.79 Å². The minimum atomic E-state index is -8.63. The summed E-state index contributed by atoms with van der Waals surface area (Å²) in [7, 11) is 0. The molecule has 0 radical (unpaired) electrons. The van der Waals surface area contributed by atoms with Crippen LogP contribution >= 0.6 is 0 Å². The molecule has 0 saturated heterocycles. The Balaban J connectivity index is 6.04. The van der Waals surface area contributed by atoms with Gasteiger partial charge in [0.05, 0.1) is 0 Å². The number of carbonyl (C=O) groups is 1. The van der Waals surface area contributed by atoms with Gasteiger partial charge in [-0.25, -0.2) is 0 Å². The Morgan fingerprint density at radius 3 is 1.15 bits per heavy atom. The normalized spacial score (nSPS) is 15.6. The van der Waals surface area contributed by atoms with Crippen LogP contribution < -0.4 is 0 Å². The second-order valence-corrected chi connectivity index (χ2v) is 6.96. The van der Waals surface area contributed by atoms with E-state index < -0.39 is 79.3 Å². The van der Waals surface area contributed by atoms with Gasteiger partial charge in [-0.15, -0.1) is 0 Å². The van der Waals surface area contributed by atoms with Crippen LogP contribution in [-0.2, 0) is 4.79 Å². The van der Waals surface area contributed by atoms with Crippen LogP contribution in [-0.4, -0.2) is 58.7 Å². The van der Waals surface area contributed by atoms with Gasteiger partial charge in [0.25, 0.3) is 0 Å². The number of halogens is 17. The second kappa shape index (κ2) is 9.39. The first-order valence-electron chi connectivity index (χ1n) is 8.60. The van der Waals surface area contributed by atoms with Crippen LogP contribution in [0.25, 0.3) is 0 Å². The van der Waals surface area contributed by atoms with Crippen molar-refractivity contribution in [1.29, 1.82) is 0 Å². The molecular formula is C15H13F17O2. The quantitative estimate of drug-likeness (QED) is 0.192. The van der Waals surface area contributed by atoms with Crippen molar-refractivity contribution >= 4 is 5.97 Å². The molecule has 0 aliphatic carbocycles. The Morgan fingerprint density at radius 2 is 0.794 bits per heavy atom. The van der Waals surface area contributed by atoms with E-state index >= 15 is 0 Å². The maximum absolute atomic E-state index is 13.6. The maximum atomic E-state index is 13.6. The molecule has 0 aromatic carbocycles. The summed E-state index contributed by atoms with van der Waals surface area (Å²) in [5, 5.41) is 8.29. The molecule has 0 atom stereocenters. The predicted molar refractivity (Wildman–Crippen MR) is 76.0 cm³/mol. The van der Waals surface area contributed by atoms with Gasteiger partial charge in [-0.05, 0) is 12.8 Å². The molecule has 0 aliphatic rings.